The van der Waals surface area contributed by atoms with Crippen molar-refractivity contribution in [2.75, 3.05) is 12.8 Å². The molecule has 1 amide bonds. The van der Waals surface area contributed by atoms with Gasteiger partial charge in [-0.1, -0.05) is 36.8 Å². The maximum absolute atomic E-state index is 12.5. The Balaban J connectivity index is 2.25. The summed E-state index contributed by atoms with van der Waals surface area (Å²) >= 11 is 0. The number of hydrogen-bond acceptors (Lipinski definition) is 3. The summed E-state index contributed by atoms with van der Waals surface area (Å²) < 4.78 is 11.6. The Hall–Kier alpha value is -1.20. The third-order valence-corrected chi connectivity index (χ3v) is 5.36. The van der Waals surface area contributed by atoms with Crippen LogP contribution in [0.2, 0.25) is 0 Å². The smallest absolute Gasteiger partial charge is 0.241 e. The second kappa shape index (κ2) is 6.71. The van der Waals surface area contributed by atoms with Gasteiger partial charge in [0.05, 0.1) is 6.04 Å². The predicted octanol–water partition coefficient (Wildman–Crippen LogP) is 1.97. The van der Waals surface area contributed by atoms with E-state index in [4.69, 9.17) is 0 Å². The maximum Gasteiger partial charge on any atom is 0.241 e. The van der Waals surface area contributed by atoms with E-state index >= 15 is 0 Å². The minimum atomic E-state index is -0.931. The Morgan fingerprint density at radius 2 is 1.95 bits per heavy atom. The molecule has 4 unspecified atom stereocenters. The average Bonchev–Trinajstić information content (AvgIpc) is 2.76. The zero-order valence-electron chi connectivity index (χ0n) is 13.1. The molecule has 1 aliphatic heterocycles. The van der Waals surface area contributed by atoms with Gasteiger partial charge in [-0.05, 0) is 25.8 Å². The predicted molar refractivity (Wildman–Crippen MR) is 86.4 cm³/mol. The Morgan fingerprint density at radius 3 is 2.48 bits per heavy atom. The van der Waals surface area contributed by atoms with Gasteiger partial charge in [-0.25, -0.2) is 0 Å². The van der Waals surface area contributed by atoms with E-state index in [1.807, 2.05) is 25.7 Å². The Morgan fingerprint density at radius 1 is 1.33 bits per heavy atom. The molecular formula is C16H24N2O2S. The number of carbonyl (C=O) groups is 1. The van der Waals surface area contributed by atoms with E-state index in [1.54, 1.807) is 6.26 Å². The summed E-state index contributed by atoms with van der Waals surface area (Å²) in [4.78, 5) is 14.3. The highest BCUT2D eigenvalue weighted by molar-refractivity contribution is 7.84. The fraction of sp³-hybridized carbons (Fsp3) is 0.562. The van der Waals surface area contributed by atoms with E-state index in [0.717, 1.165) is 12.0 Å². The van der Waals surface area contributed by atoms with E-state index < -0.39 is 10.8 Å². The molecule has 2 rings (SSSR count). The van der Waals surface area contributed by atoms with Crippen molar-refractivity contribution in [2.45, 2.75) is 44.6 Å². The lowest BCUT2D eigenvalue weighted by atomic mass is 10.1. The number of hydrogen-bond donors (Lipinski definition) is 1. The summed E-state index contributed by atoms with van der Waals surface area (Å²) in [6, 6.07) is 8.08. The number of nitrogens with one attached hydrogen (secondary N) is 1. The third kappa shape index (κ3) is 3.52. The van der Waals surface area contributed by atoms with Crippen molar-refractivity contribution in [2.24, 2.45) is 0 Å². The highest BCUT2D eigenvalue weighted by Gasteiger charge is 2.39. The lowest BCUT2D eigenvalue weighted by Crippen LogP contribution is -2.37. The molecule has 4 nitrogen and oxygen atoms in total. The number of amides is 1. The van der Waals surface area contributed by atoms with Gasteiger partial charge in [0.25, 0.3) is 0 Å². The molecule has 1 aliphatic rings. The van der Waals surface area contributed by atoms with Crippen LogP contribution in [0.4, 0.5) is 0 Å². The van der Waals surface area contributed by atoms with E-state index in [1.165, 1.54) is 5.56 Å². The fourth-order valence-corrected chi connectivity index (χ4v) is 2.94. The molecule has 0 saturated carbocycles. The lowest BCUT2D eigenvalue weighted by Gasteiger charge is -2.26. The molecule has 116 valence electrons. The number of aryl methyl sites for hydroxylation is 1. The second-order valence-electron chi connectivity index (χ2n) is 5.74. The molecule has 0 aromatic heterocycles. The normalized spacial score (nSPS) is 25.1. The minimum Gasteiger partial charge on any atom is -0.320 e. The summed E-state index contributed by atoms with van der Waals surface area (Å²) in [6.07, 6.45) is 2.34. The van der Waals surface area contributed by atoms with Crippen LogP contribution in [0.15, 0.2) is 24.3 Å². The van der Waals surface area contributed by atoms with Gasteiger partial charge in [-0.2, -0.15) is 0 Å². The molecule has 0 bridgehead atoms. The van der Waals surface area contributed by atoms with Gasteiger partial charge >= 0.3 is 0 Å². The molecule has 1 N–H and O–H groups in total. The van der Waals surface area contributed by atoms with Gasteiger partial charge in [0.1, 0.15) is 6.17 Å². The summed E-state index contributed by atoms with van der Waals surface area (Å²) in [5.74, 6) is 0.111. The zero-order valence-corrected chi connectivity index (χ0v) is 13.9. The Kier molecular flexibility index (Phi) is 5.17. The third-order valence-electron chi connectivity index (χ3n) is 4.07. The fourth-order valence-electron chi connectivity index (χ4n) is 2.57. The standard InChI is InChI=1S/C16H24N2O2S/c1-5-14-16(19)18(10-12(3)21(4)20)15(17-14)13-8-6-11(2)7-9-13/h6-9,12,14-15,17H,5,10H2,1-4H3. The highest BCUT2D eigenvalue weighted by Crippen LogP contribution is 2.27. The Bertz CT molecular complexity index is 530. The van der Waals surface area contributed by atoms with Crippen molar-refractivity contribution in [3.8, 4) is 0 Å². The van der Waals surface area contributed by atoms with Crippen LogP contribution >= 0.6 is 0 Å². The first kappa shape index (κ1) is 16.2. The van der Waals surface area contributed by atoms with Crippen LogP contribution in [0, 0.1) is 6.92 Å². The molecule has 1 aromatic carbocycles. The maximum atomic E-state index is 12.5. The summed E-state index contributed by atoms with van der Waals surface area (Å²) in [5, 5.41) is 3.37. The molecule has 4 atom stereocenters. The van der Waals surface area contributed by atoms with Crippen LogP contribution in [0.25, 0.3) is 0 Å². The van der Waals surface area contributed by atoms with Crippen LogP contribution in [-0.4, -0.2) is 39.1 Å². The number of nitrogens with zero attached hydrogens (tertiary/aromatic N) is 1. The molecule has 0 radical (unpaired) electrons. The van der Waals surface area contributed by atoms with E-state index in [9.17, 15) is 9.00 Å². The van der Waals surface area contributed by atoms with Crippen molar-refractivity contribution in [3.63, 3.8) is 0 Å². The van der Waals surface area contributed by atoms with Crippen molar-refractivity contribution in [3.05, 3.63) is 35.4 Å². The van der Waals surface area contributed by atoms with Crippen LogP contribution in [0.5, 0.6) is 0 Å². The van der Waals surface area contributed by atoms with Crippen LogP contribution < -0.4 is 5.32 Å². The molecule has 1 fully saturated rings. The quantitative estimate of drug-likeness (QED) is 0.905. The van der Waals surface area contributed by atoms with E-state index in [0.29, 0.717) is 6.54 Å². The molecule has 0 spiro atoms. The van der Waals surface area contributed by atoms with Crippen molar-refractivity contribution in [1.29, 1.82) is 0 Å². The average molecular weight is 308 g/mol. The van der Waals surface area contributed by atoms with Gasteiger partial charge in [0.15, 0.2) is 0 Å². The molecule has 1 heterocycles. The molecule has 1 saturated heterocycles. The number of benzene rings is 1. The summed E-state index contributed by atoms with van der Waals surface area (Å²) in [6.45, 7) is 6.50. The van der Waals surface area contributed by atoms with E-state index in [2.05, 4.69) is 29.6 Å². The first-order valence-electron chi connectivity index (χ1n) is 7.39. The molecule has 5 heteroatoms. The monoisotopic (exact) mass is 308 g/mol. The minimum absolute atomic E-state index is 0.0284. The summed E-state index contributed by atoms with van der Waals surface area (Å²) in [7, 11) is -0.931. The van der Waals surface area contributed by atoms with E-state index in [-0.39, 0.29) is 23.4 Å². The molecule has 1 aromatic rings. The first-order valence-corrected chi connectivity index (χ1v) is 9.01. The highest BCUT2D eigenvalue weighted by atomic mass is 32.2. The van der Waals surface area contributed by atoms with Crippen LogP contribution in [0.3, 0.4) is 0 Å². The van der Waals surface area contributed by atoms with Crippen LogP contribution in [0.1, 0.15) is 37.6 Å². The second-order valence-corrected chi connectivity index (χ2v) is 7.54. The van der Waals surface area contributed by atoms with Gasteiger partial charge in [0.2, 0.25) is 5.91 Å². The number of carbonyl (C=O) groups excluding carboxylic acids is 1. The largest absolute Gasteiger partial charge is 0.320 e. The van der Waals surface area contributed by atoms with Crippen molar-refractivity contribution >= 4 is 16.7 Å². The Labute approximate surface area is 129 Å². The van der Waals surface area contributed by atoms with Crippen molar-refractivity contribution < 1.29 is 9.00 Å². The first-order chi connectivity index (χ1) is 9.93. The topological polar surface area (TPSA) is 49.4 Å². The van der Waals surface area contributed by atoms with Crippen LogP contribution in [-0.2, 0) is 15.6 Å². The van der Waals surface area contributed by atoms with Crippen molar-refractivity contribution in [1.82, 2.24) is 10.2 Å². The molecule has 21 heavy (non-hydrogen) atoms. The SMILES string of the molecule is CCC1NC(c2ccc(C)cc2)N(CC(C)S(C)=O)C1=O. The van der Waals surface area contributed by atoms with Gasteiger partial charge in [-0.15, -0.1) is 0 Å². The lowest BCUT2D eigenvalue weighted by molar-refractivity contribution is -0.130. The molecule has 0 aliphatic carbocycles. The number of rotatable bonds is 5. The summed E-state index contributed by atoms with van der Waals surface area (Å²) in [5.41, 5.74) is 2.28. The molecular weight excluding hydrogens is 284 g/mol. The van der Waals surface area contributed by atoms with Gasteiger partial charge in [0, 0.05) is 28.9 Å². The van der Waals surface area contributed by atoms with Gasteiger partial charge in [-0.3, -0.25) is 14.3 Å². The zero-order chi connectivity index (χ0) is 15.6. The van der Waals surface area contributed by atoms with Gasteiger partial charge < -0.3 is 4.90 Å².